The van der Waals surface area contributed by atoms with Crippen LogP contribution in [0.5, 0.6) is 5.75 Å². The first-order chi connectivity index (χ1) is 14.5. The van der Waals surface area contributed by atoms with Gasteiger partial charge in [-0.05, 0) is 44.0 Å². The van der Waals surface area contributed by atoms with Crippen LogP contribution in [0.25, 0.3) is 0 Å². The lowest BCUT2D eigenvalue weighted by atomic mass is 10.0. The minimum absolute atomic E-state index is 0.0197. The molecule has 2 aromatic rings. The molecule has 2 amide bonds. The Morgan fingerprint density at radius 2 is 1.71 bits per heavy atom. The number of phenolic OH excluding ortho intramolecular Hbond substituents is 1. The number of halogens is 1. The predicted molar refractivity (Wildman–Crippen MR) is 116 cm³/mol. The molecule has 0 aliphatic heterocycles. The summed E-state index contributed by atoms with van der Waals surface area (Å²) in [6.45, 7) is 4.66. The van der Waals surface area contributed by atoms with E-state index in [0.29, 0.717) is 20.5 Å². The Balaban J connectivity index is 2.33. The number of aliphatic carboxylic acids is 1. The third kappa shape index (κ3) is 7.29. The average Bonchev–Trinajstić information content (AvgIpc) is 2.66. The third-order valence-corrected chi connectivity index (χ3v) is 4.78. The summed E-state index contributed by atoms with van der Waals surface area (Å²) in [6.07, 6.45) is -2.50. The summed E-state index contributed by atoms with van der Waals surface area (Å²) >= 11 is 3.25. The van der Waals surface area contributed by atoms with Crippen LogP contribution in [0.1, 0.15) is 31.9 Å². The first kappa shape index (κ1) is 24.2. The quantitative estimate of drug-likeness (QED) is 0.597. The molecule has 0 fully saturated rings. The molecule has 9 heteroatoms. The van der Waals surface area contributed by atoms with Crippen molar-refractivity contribution >= 4 is 34.1 Å². The van der Waals surface area contributed by atoms with Crippen molar-refractivity contribution < 1.29 is 34.1 Å². The van der Waals surface area contributed by atoms with Gasteiger partial charge in [0.1, 0.15) is 24.0 Å². The first-order valence-electron chi connectivity index (χ1n) is 9.41. The van der Waals surface area contributed by atoms with Gasteiger partial charge in [-0.15, -0.1) is 0 Å². The van der Waals surface area contributed by atoms with Crippen LogP contribution in [0.3, 0.4) is 0 Å². The van der Waals surface area contributed by atoms with E-state index in [4.69, 9.17) is 9.47 Å². The number of hydrogen-bond acceptors (Lipinski definition) is 6. The van der Waals surface area contributed by atoms with Crippen molar-refractivity contribution in [1.29, 1.82) is 0 Å². The van der Waals surface area contributed by atoms with Crippen LogP contribution in [0.15, 0.2) is 53.0 Å². The summed E-state index contributed by atoms with van der Waals surface area (Å²) in [5.74, 6) is -1.43. The zero-order valence-corrected chi connectivity index (χ0v) is 19.0. The fraction of sp³-hybridized carbons (Fsp3) is 0.318. The SMILES string of the molecule is CC(C)(C)OC(=O)N(C(=O)OCc1ccccc1)[C@@H](Cc1ccc(O)cc1Br)C(=O)O. The summed E-state index contributed by atoms with van der Waals surface area (Å²) in [6, 6.07) is 11.4. The van der Waals surface area contributed by atoms with Gasteiger partial charge >= 0.3 is 18.2 Å². The molecule has 0 saturated carbocycles. The number of benzene rings is 2. The lowest BCUT2D eigenvalue weighted by Gasteiger charge is -2.29. The van der Waals surface area contributed by atoms with Crippen molar-refractivity contribution in [3.63, 3.8) is 0 Å². The van der Waals surface area contributed by atoms with Crippen LogP contribution in [-0.2, 0) is 27.3 Å². The van der Waals surface area contributed by atoms with E-state index in [2.05, 4.69) is 15.9 Å². The Kier molecular flexibility index (Phi) is 8.04. The average molecular weight is 494 g/mol. The number of carboxylic acid groups (broad SMARTS) is 1. The second kappa shape index (κ2) is 10.3. The molecular weight excluding hydrogens is 470 g/mol. The second-order valence-corrected chi connectivity index (χ2v) is 8.58. The van der Waals surface area contributed by atoms with Crippen molar-refractivity contribution in [2.24, 2.45) is 0 Å². The number of imide groups is 1. The maximum absolute atomic E-state index is 12.8. The lowest BCUT2D eigenvalue weighted by Crippen LogP contribution is -2.51. The van der Waals surface area contributed by atoms with Gasteiger partial charge < -0.3 is 19.7 Å². The number of ether oxygens (including phenoxy) is 2. The van der Waals surface area contributed by atoms with Crippen molar-refractivity contribution in [3.8, 4) is 5.75 Å². The highest BCUT2D eigenvalue weighted by Gasteiger charge is 2.39. The van der Waals surface area contributed by atoms with Gasteiger partial charge in [-0.3, -0.25) is 0 Å². The van der Waals surface area contributed by atoms with E-state index in [1.54, 1.807) is 51.1 Å². The summed E-state index contributed by atoms with van der Waals surface area (Å²) in [7, 11) is 0. The molecule has 0 heterocycles. The molecule has 8 nitrogen and oxygen atoms in total. The number of amides is 2. The molecule has 0 spiro atoms. The van der Waals surface area contributed by atoms with Crippen LogP contribution in [-0.4, -0.2) is 44.9 Å². The highest BCUT2D eigenvalue weighted by atomic mass is 79.9. The fourth-order valence-electron chi connectivity index (χ4n) is 2.63. The number of nitrogens with zero attached hydrogens (tertiary/aromatic N) is 1. The maximum Gasteiger partial charge on any atom is 0.420 e. The minimum Gasteiger partial charge on any atom is -0.508 e. The highest BCUT2D eigenvalue weighted by molar-refractivity contribution is 9.10. The van der Waals surface area contributed by atoms with Crippen LogP contribution in [0, 0.1) is 0 Å². The van der Waals surface area contributed by atoms with Crippen LogP contribution in [0.2, 0.25) is 0 Å². The predicted octanol–water partition coefficient (Wildman–Crippen LogP) is 4.72. The number of rotatable bonds is 6. The Bertz CT molecular complexity index is 941. The molecule has 31 heavy (non-hydrogen) atoms. The summed E-state index contributed by atoms with van der Waals surface area (Å²) in [5, 5.41) is 19.4. The molecule has 2 aromatic carbocycles. The van der Waals surface area contributed by atoms with Crippen molar-refractivity contribution in [3.05, 3.63) is 64.1 Å². The Morgan fingerprint density at radius 3 is 2.26 bits per heavy atom. The van der Waals surface area contributed by atoms with Gasteiger partial charge in [0.15, 0.2) is 0 Å². The van der Waals surface area contributed by atoms with Gasteiger partial charge in [-0.25, -0.2) is 14.4 Å². The van der Waals surface area contributed by atoms with Crippen LogP contribution < -0.4 is 0 Å². The lowest BCUT2D eigenvalue weighted by molar-refractivity contribution is -0.142. The standard InChI is InChI=1S/C22H24BrNO7/c1-22(2,3)31-21(29)24(20(28)30-13-14-7-5-4-6-8-14)18(19(26)27)11-15-9-10-16(25)12-17(15)23/h4-10,12,18,25H,11,13H2,1-3H3,(H,26,27)/t18-/m0/s1. The van der Waals surface area contributed by atoms with E-state index in [0.717, 1.165) is 0 Å². The number of aromatic hydroxyl groups is 1. The fourth-order valence-corrected chi connectivity index (χ4v) is 3.16. The maximum atomic E-state index is 12.8. The topological polar surface area (TPSA) is 113 Å². The van der Waals surface area contributed by atoms with Gasteiger partial charge in [0.25, 0.3) is 0 Å². The van der Waals surface area contributed by atoms with Gasteiger partial charge in [0.2, 0.25) is 0 Å². The van der Waals surface area contributed by atoms with Gasteiger partial charge in [-0.1, -0.05) is 52.3 Å². The number of phenols is 1. The number of carbonyl (C=O) groups excluding carboxylic acids is 2. The Hall–Kier alpha value is -3.07. The number of hydrogen-bond donors (Lipinski definition) is 2. The first-order valence-corrected chi connectivity index (χ1v) is 10.2. The smallest absolute Gasteiger partial charge is 0.420 e. The van der Waals surface area contributed by atoms with E-state index >= 15 is 0 Å². The van der Waals surface area contributed by atoms with E-state index in [1.165, 1.54) is 18.2 Å². The van der Waals surface area contributed by atoms with Gasteiger partial charge in [0, 0.05) is 10.9 Å². The normalized spacial score (nSPS) is 12.0. The summed E-state index contributed by atoms with van der Waals surface area (Å²) in [5.41, 5.74) is 0.180. The molecule has 1 atom stereocenters. The summed E-state index contributed by atoms with van der Waals surface area (Å²) in [4.78, 5) is 38.1. The molecule has 0 aliphatic rings. The highest BCUT2D eigenvalue weighted by Crippen LogP contribution is 2.25. The zero-order chi connectivity index (χ0) is 23.2. The minimum atomic E-state index is -1.60. The van der Waals surface area contributed by atoms with E-state index in [-0.39, 0.29) is 18.8 Å². The molecule has 0 aromatic heterocycles. The third-order valence-electron chi connectivity index (χ3n) is 4.04. The zero-order valence-electron chi connectivity index (χ0n) is 17.4. The van der Waals surface area contributed by atoms with E-state index in [1.807, 2.05) is 0 Å². The molecule has 0 aliphatic carbocycles. The van der Waals surface area contributed by atoms with Crippen molar-refractivity contribution in [2.75, 3.05) is 0 Å². The molecule has 0 bridgehead atoms. The monoisotopic (exact) mass is 493 g/mol. The molecular formula is C22H24BrNO7. The molecule has 166 valence electrons. The summed E-state index contributed by atoms with van der Waals surface area (Å²) < 4.78 is 10.9. The second-order valence-electron chi connectivity index (χ2n) is 7.72. The Morgan fingerprint density at radius 1 is 1.06 bits per heavy atom. The molecule has 0 saturated heterocycles. The number of carboxylic acids is 1. The van der Waals surface area contributed by atoms with E-state index in [9.17, 15) is 24.6 Å². The number of carbonyl (C=O) groups is 3. The molecule has 0 unspecified atom stereocenters. The Labute approximate surface area is 188 Å². The van der Waals surface area contributed by atoms with Gasteiger partial charge in [0.05, 0.1) is 0 Å². The largest absolute Gasteiger partial charge is 0.508 e. The van der Waals surface area contributed by atoms with Gasteiger partial charge in [-0.2, -0.15) is 4.90 Å². The van der Waals surface area contributed by atoms with Crippen molar-refractivity contribution in [1.82, 2.24) is 4.90 Å². The molecule has 2 rings (SSSR count). The van der Waals surface area contributed by atoms with Crippen LogP contribution >= 0.6 is 15.9 Å². The van der Waals surface area contributed by atoms with Crippen molar-refractivity contribution in [2.45, 2.75) is 45.4 Å². The molecule has 2 N–H and O–H groups in total. The van der Waals surface area contributed by atoms with E-state index < -0.39 is 29.8 Å². The molecule has 0 radical (unpaired) electrons. The van der Waals surface area contributed by atoms with Crippen LogP contribution in [0.4, 0.5) is 9.59 Å².